The third-order valence-corrected chi connectivity index (χ3v) is 2.39. The Morgan fingerprint density at radius 3 is 2.25 bits per heavy atom. The van der Waals surface area contributed by atoms with Gasteiger partial charge in [0.15, 0.2) is 0 Å². The SMILES string of the molecule is NC(=O)c1cccc(C(=O)N[C@@H](CC(=O)O)C(=O)O)c1. The molecule has 1 aromatic carbocycles. The van der Waals surface area contributed by atoms with Gasteiger partial charge in [0.25, 0.3) is 5.91 Å². The monoisotopic (exact) mass is 280 g/mol. The summed E-state index contributed by atoms with van der Waals surface area (Å²) in [5.74, 6) is -4.36. The van der Waals surface area contributed by atoms with E-state index in [1.54, 1.807) is 0 Å². The summed E-state index contributed by atoms with van der Waals surface area (Å²) < 4.78 is 0. The molecule has 8 nitrogen and oxygen atoms in total. The molecule has 0 bridgehead atoms. The molecule has 5 N–H and O–H groups in total. The van der Waals surface area contributed by atoms with Gasteiger partial charge in [-0.05, 0) is 18.2 Å². The van der Waals surface area contributed by atoms with Crippen molar-refractivity contribution in [3.8, 4) is 0 Å². The predicted octanol–water partition coefficient (Wildman–Crippen LogP) is -0.557. The van der Waals surface area contributed by atoms with Gasteiger partial charge >= 0.3 is 11.9 Å². The van der Waals surface area contributed by atoms with Crippen LogP contribution in [0.5, 0.6) is 0 Å². The average Bonchev–Trinajstić information content (AvgIpc) is 2.37. The molecule has 0 fully saturated rings. The van der Waals surface area contributed by atoms with Crippen molar-refractivity contribution >= 4 is 23.8 Å². The van der Waals surface area contributed by atoms with Crippen molar-refractivity contribution in [2.45, 2.75) is 12.5 Å². The summed E-state index contributed by atoms with van der Waals surface area (Å²) in [6.45, 7) is 0. The topological polar surface area (TPSA) is 147 Å². The first-order chi connectivity index (χ1) is 9.31. The van der Waals surface area contributed by atoms with Crippen LogP contribution in [0.25, 0.3) is 0 Å². The Labute approximate surface area is 113 Å². The number of carbonyl (C=O) groups is 4. The summed E-state index contributed by atoms with van der Waals surface area (Å²) in [4.78, 5) is 44.1. The number of rotatable bonds is 6. The normalized spacial score (nSPS) is 11.4. The molecule has 106 valence electrons. The van der Waals surface area contributed by atoms with Crippen molar-refractivity contribution < 1.29 is 29.4 Å². The number of hydrogen-bond donors (Lipinski definition) is 4. The van der Waals surface area contributed by atoms with Gasteiger partial charge in [-0.2, -0.15) is 0 Å². The maximum Gasteiger partial charge on any atom is 0.326 e. The average molecular weight is 280 g/mol. The predicted molar refractivity (Wildman–Crippen MR) is 66.1 cm³/mol. The van der Waals surface area contributed by atoms with Gasteiger partial charge in [-0.15, -0.1) is 0 Å². The van der Waals surface area contributed by atoms with Crippen LogP contribution in [0.4, 0.5) is 0 Å². The van der Waals surface area contributed by atoms with Crippen LogP contribution in [0.3, 0.4) is 0 Å². The Bertz CT molecular complexity index is 569. The van der Waals surface area contributed by atoms with E-state index in [1.165, 1.54) is 24.3 Å². The second-order valence-electron chi connectivity index (χ2n) is 3.91. The lowest BCUT2D eigenvalue weighted by Gasteiger charge is -2.12. The van der Waals surface area contributed by atoms with Crippen LogP contribution in [0.1, 0.15) is 27.1 Å². The van der Waals surface area contributed by atoms with Gasteiger partial charge in [0.2, 0.25) is 5.91 Å². The lowest BCUT2D eigenvalue weighted by Crippen LogP contribution is -2.42. The zero-order valence-corrected chi connectivity index (χ0v) is 10.2. The van der Waals surface area contributed by atoms with Crippen molar-refractivity contribution in [2.75, 3.05) is 0 Å². The number of nitrogens with one attached hydrogen (secondary N) is 1. The summed E-state index contributed by atoms with van der Waals surface area (Å²) in [5, 5.41) is 19.4. The molecule has 1 atom stereocenters. The number of hydrogen-bond acceptors (Lipinski definition) is 4. The van der Waals surface area contributed by atoms with Crippen molar-refractivity contribution in [3.63, 3.8) is 0 Å². The highest BCUT2D eigenvalue weighted by molar-refractivity contribution is 6.00. The smallest absolute Gasteiger partial charge is 0.326 e. The highest BCUT2D eigenvalue weighted by atomic mass is 16.4. The third kappa shape index (κ3) is 4.09. The standard InChI is InChI=1S/C12H12N2O6/c13-10(17)6-2-1-3-7(4-6)11(18)14-8(12(19)20)5-9(15)16/h1-4,8H,5H2,(H2,13,17)(H,14,18)(H,15,16)(H,19,20)/t8-/m0/s1. The second-order valence-corrected chi connectivity index (χ2v) is 3.91. The number of benzene rings is 1. The molecule has 0 aliphatic rings. The Morgan fingerprint density at radius 1 is 1.15 bits per heavy atom. The van der Waals surface area contributed by atoms with Gasteiger partial charge in [-0.1, -0.05) is 6.07 Å². The highest BCUT2D eigenvalue weighted by Gasteiger charge is 2.23. The number of aliphatic carboxylic acids is 2. The van der Waals surface area contributed by atoms with E-state index in [2.05, 4.69) is 5.32 Å². The summed E-state index contributed by atoms with van der Waals surface area (Å²) in [5.41, 5.74) is 5.15. The molecule has 20 heavy (non-hydrogen) atoms. The van der Waals surface area contributed by atoms with E-state index in [0.29, 0.717) is 0 Å². The zero-order valence-electron chi connectivity index (χ0n) is 10.2. The van der Waals surface area contributed by atoms with Gasteiger partial charge in [0, 0.05) is 11.1 Å². The van der Waals surface area contributed by atoms with Crippen molar-refractivity contribution in [2.24, 2.45) is 5.73 Å². The summed E-state index contributed by atoms with van der Waals surface area (Å²) in [6.07, 6.45) is -0.753. The molecule has 0 radical (unpaired) electrons. The molecular weight excluding hydrogens is 268 g/mol. The lowest BCUT2D eigenvalue weighted by atomic mass is 10.1. The fourth-order valence-corrected chi connectivity index (χ4v) is 1.43. The van der Waals surface area contributed by atoms with Crippen LogP contribution in [-0.4, -0.2) is 40.0 Å². The van der Waals surface area contributed by atoms with E-state index in [0.717, 1.165) is 0 Å². The zero-order chi connectivity index (χ0) is 15.3. The number of primary amides is 1. The van der Waals surface area contributed by atoms with E-state index < -0.39 is 36.2 Å². The molecule has 0 spiro atoms. The van der Waals surface area contributed by atoms with Crippen molar-refractivity contribution in [1.29, 1.82) is 0 Å². The van der Waals surface area contributed by atoms with Gasteiger partial charge < -0.3 is 21.3 Å². The molecule has 0 saturated carbocycles. The number of amides is 2. The molecule has 1 rings (SSSR count). The number of carboxylic acid groups (broad SMARTS) is 2. The van der Waals surface area contributed by atoms with E-state index in [1.807, 2.05) is 0 Å². The van der Waals surface area contributed by atoms with E-state index >= 15 is 0 Å². The fraction of sp³-hybridized carbons (Fsp3) is 0.167. The first-order valence-electron chi connectivity index (χ1n) is 5.46. The maximum absolute atomic E-state index is 11.8. The van der Waals surface area contributed by atoms with Crippen LogP contribution >= 0.6 is 0 Å². The molecule has 8 heteroatoms. The van der Waals surface area contributed by atoms with Crippen LogP contribution in [0.2, 0.25) is 0 Å². The van der Waals surface area contributed by atoms with Gasteiger partial charge in [0.1, 0.15) is 6.04 Å². The number of carboxylic acids is 2. The Kier molecular flexibility index (Phi) is 4.79. The molecule has 0 aromatic heterocycles. The summed E-state index contributed by atoms with van der Waals surface area (Å²) >= 11 is 0. The number of carbonyl (C=O) groups excluding carboxylic acids is 2. The highest BCUT2D eigenvalue weighted by Crippen LogP contribution is 2.06. The molecule has 0 heterocycles. The minimum atomic E-state index is -1.56. The molecule has 0 unspecified atom stereocenters. The molecule has 0 saturated heterocycles. The van der Waals surface area contributed by atoms with E-state index in [9.17, 15) is 19.2 Å². The maximum atomic E-state index is 11.8. The fourth-order valence-electron chi connectivity index (χ4n) is 1.43. The molecule has 0 aliphatic carbocycles. The Balaban J connectivity index is 2.88. The van der Waals surface area contributed by atoms with Gasteiger partial charge in [-0.25, -0.2) is 4.79 Å². The van der Waals surface area contributed by atoms with Crippen molar-refractivity contribution in [3.05, 3.63) is 35.4 Å². The van der Waals surface area contributed by atoms with Gasteiger partial charge in [-0.3, -0.25) is 14.4 Å². The molecular formula is C12H12N2O6. The Hall–Kier alpha value is -2.90. The molecule has 2 amide bonds. The van der Waals surface area contributed by atoms with Crippen LogP contribution in [0, 0.1) is 0 Å². The number of nitrogens with two attached hydrogens (primary N) is 1. The van der Waals surface area contributed by atoms with Crippen LogP contribution in [0.15, 0.2) is 24.3 Å². The summed E-state index contributed by atoms with van der Waals surface area (Å²) in [7, 11) is 0. The minimum Gasteiger partial charge on any atom is -0.481 e. The first kappa shape index (κ1) is 15.2. The van der Waals surface area contributed by atoms with Gasteiger partial charge in [0.05, 0.1) is 6.42 Å². The van der Waals surface area contributed by atoms with Crippen LogP contribution in [-0.2, 0) is 9.59 Å². The summed E-state index contributed by atoms with van der Waals surface area (Å²) in [6, 6.07) is 3.78. The minimum absolute atomic E-state index is 0.0120. The van der Waals surface area contributed by atoms with E-state index in [-0.39, 0.29) is 11.1 Å². The van der Waals surface area contributed by atoms with Crippen molar-refractivity contribution in [1.82, 2.24) is 5.32 Å². The lowest BCUT2D eigenvalue weighted by molar-refractivity contribution is -0.145. The quantitative estimate of drug-likeness (QED) is 0.549. The third-order valence-electron chi connectivity index (χ3n) is 2.39. The molecule has 1 aromatic rings. The molecule has 0 aliphatic heterocycles. The van der Waals surface area contributed by atoms with E-state index in [4.69, 9.17) is 15.9 Å². The second kappa shape index (κ2) is 6.32. The Morgan fingerprint density at radius 2 is 1.75 bits per heavy atom. The largest absolute Gasteiger partial charge is 0.481 e. The first-order valence-corrected chi connectivity index (χ1v) is 5.46. The van der Waals surface area contributed by atoms with Crippen LogP contribution < -0.4 is 11.1 Å².